The van der Waals surface area contributed by atoms with Crippen LogP contribution >= 0.6 is 11.6 Å². The molecule has 4 nitrogen and oxygen atoms in total. The normalized spacial score (nSPS) is 16.1. The molecule has 0 atom stereocenters. The van der Waals surface area contributed by atoms with Crippen LogP contribution in [0, 0.1) is 12.8 Å². The number of halogens is 1. The molecule has 1 aromatic heterocycles. The van der Waals surface area contributed by atoms with Crippen molar-refractivity contribution in [3.05, 3.63) is 22.5 Å². The van der Waals surface area contributed by atoms with Gasteiger partial charge in [0.25, 0.3) is 0 Å². The van der Waals surface area contributed by atoms with Crippen molar-refractivity contribution in [2.75, 3.05) is 13.1 Å². The highest BCUT2D eigenvalue weighted by Crippen LogP contribution is 2.22. The number of carbonyl (C=O) groups excluding carboxylic acids is 1. The zero-order chi connectivity index (χ0) is 15.4. The van der Waals surface area contributed by atoms with Crippen LogP contribution in [0.15, 0.2) is 6.08 Å². The molecule has 0 saturated carbocycles. The van der Waals surface area contributed by atoms with E-state index < -0.39 is 0 Å². The van der Waals surface area contributed by atoms with E-state index in [1.807, 2.05) is 16.5 Å². The Labute approximate surface area is 131 Å². The number of rotatable bonds is 4. The van der Waals surface area contributed by atoms with E-state index in [1.165, 1.54) is 6.42 Å². The first-order valence-electron chi connectivity index (χ1n) is 7.69. The van der Waals surface area contributed by atoms with Gasteiger partial charge in [-0.2, -0.15) is 5.10 Å². The average Bonchev–Trinajstić information content (AvgIpc) is 2.71. The molecule has 1 aliphatic heterocycles. The zero-order valence-electron chi connectivity index (χ0n) is 13.1. The Hall–Kier alpha value is -1.29. The number of aromatic nitrogens is 2. The molecule has 0 unspecified atom stereocenters. The lowest BCUT2D eigenvalue weighted by Crippen LogP contribution is -2.34. The van der Waals surface area contributed by atoms with Crippen molar-refractivity contribution >= 4 is 23.6 Å². The van der Waals surface area contributed by atoms with Crippen LogP contribution < -0.4 is 0 Å². The number of hydrogen-bond donors (Lipinski definition) is 0. The monoisotopic (exact) mass is 309 g/mol. The Morgan fingerprint density at radius 1 is 1.33 bits per heavy atom. The SMILES string of the molecule is Cc1nn(CC(C)C)c(Cl)c1/C=C/C(=O)N1CCCCC1. The maximum Gasteiger partial charge on any atom is 0.246 e. The zero-order valence-corrected chi connectivity index (χ0v) is 13.9. The highest BCUT2D eigenvalue weighted by atomic mass is 35.5. The third-order valence-electron chi connectivity index (χ3n) is 3.71. The molecular formula is C16H24ClN3O. The van der Waals surface area contributed by atoms with Crippen molar-refractivity contribution in [3.8, 4) is 0 Å². The molecule has 0 aliphatic carbocycles. The fourth-order valence-electron chi connectivity index (χ4n) is 2.60. The first-order chi connectivity index (χ1) is 9.99. The summed E-state index contributed by atoms with van der Waals surface area (Å²) in [7, 11) is 0. The van der Waals surface area contributed by atoms with Gasteiger partial charge in [-0.05, 0) is 38.2 Å². The molecule has 5 heteroatoms. The number of likely N-dealkylation sites (tertiary alicyclic amines) is 1. The van der Waals surface area contributed by atoms with Crippen LogP contribution in [0.1, 0.15) is 44.4 Å². The van der Waals surface area contributed by atoms with Crippen molar-refractivity contribution in [2.24, 2.45) is 5.92 Å². The van der Waals surface area contributed by atoms with Gasteiger partial charge in [-0.25, -0.2) is 0 Å². The Kier molecular flexibility index (Phi) is 5.45. The second-order valence-corrected chi connectivity index (χ2v) is 6.44. The van der Waals surface area contributed by atoms with Crippen molar-refractivity contribution in [1.82, 2.24) is 14.7 Å². The molecule has 1 aliphatic rings. The predicted molar refractivity (Wildman–Crippen MR) is 86.3 cm³/mol. The fourth-order valence-corrected chi connectivity index (χ4v) is 2.90. The summed E-state index contributed by atoms with van der Waals surface area (Å²) >= 11 is 6.37. The van der Waals surface area contributed by atoms with Gasteiger partial charge in [0.05, 0.1) is 5.69 Å². The number of hydrogen-bond acceptors (Lipinski definition) is 2. The summed E-state index contributed by atoms with van der Waals surface area (Å²) in [5.74, 6) is 0.551. The van der Waals surface area contributed by atoms with Crippen LogP contribution in [0.5, 0.6) is 0 Å². The molecule has 0 aromatic carbocycles. The van der Waals surface area contributed by atoms with Crippen LogP contribution in [-0.4, -0.2) is 33.7 Å². The number of aryl methyl sites for hydroxylation is 1. The van der Waals surface area contributed by atoms with E-state index in [-0.39, 0.29) is 5.91 Å². The lowest BCUT2D eigenvalue weighted by atomic mass is 10.1. The van der Waals surface area contributed by atoms with E-state index in [4.69, 9.17) is 11.6 Å². The fraction of sp³-hybridized carbons (Fsp3) is 0.625. The van der Waals surface area contributed by atoms with Gasteiger partial charge < -0.3 is 4.90 Å². The van der Waals surface area contributed by atoms with E-state index in [9.17, 15) is 4.79 Å². The van der Waals surface area contributed by atoms with Crippen molar-refractivity contribution in [3.63, 3.8) is 0 Å². The number of amides is 1. The third-order valence-corrected chi connectivity index (χ3v) is 4.11. The maximum absolute atomic E-state index is 12.1. The first-order valence-corrected chi connectivity index (χ1v) is 8.06. The highest BCUT2D eigenvalue weighted by molar-refractivity contribution is 6.31. The second-order valence-electron chi connectivity index (χ2n) is 6.09. The molecule has 21 heavy (non-hydrogen) atoms. The lowest BCUT2D eigenvalue weighted by Gasteiger charge is -2.25. The molecule has 0 spiro atoms. The van der Waals surface area contributed by atoms with E-state index in [2.05, 4.69) is 18.9 Å². The van der Waals surface area contributed by atoms with Gasteiger partial charge in [0.1, 0.15) is 5.15 Å². The molecule has 1 saturated heterocycles. The predicted octanol–water partition coefficient (Wildman–Crippen LogP) is 3.53. The van der Waals surface area contributed by atoms with Crippen molar-refractivity contribution in [1.29, 1.82) is 0 Å². The second kappa shape index (κ2) is 7.12. The van der Waals surface area contributed by atoms with Gasteiger partial charge in [0.2, 0.25) is 5.91 Å². The Balaban J connectivity index is 2.09. The summed E-state index contributed by atoms with van der Waals surface area (Å²) in [5, 5.41) is 5.06. The highest BCUT2D eigenvalue weighted by Gasteiger charge is 2.15. The van der Waals surface area contributed by atoms with Crippen molar-refractivity contribution < 1.29 is 4.79 Å². The smallest absolute Gasteiger partial charge is 0.246 e. The minimum atomic E-state index is 0.0711. The van der Waals surface area contributed by atoms with Gasteiger partial charge in [-0.15, -0.1) is 0 Å². The summed E-state index contributed by atoms with van der Waals surface area (Å²) in [6.45, 7) is 8.69. The molecule has 116 valence electrons. The maximum atomic E-state index is 12.1. The summed E-state index contributed by atoms with van der Waals surface area (Å²) in [4.78, 5) is 14.1. The van der Waals surface area contributed by atoms with Crippen LogP contribution in [-0.2, 0) is 11.3 Å². The van der Waals surface area contributed by atoms with Gasteiger partial charge in [0.15, 0.2) is 0 Å². The van der Waals surface area contributed by atoms with E-state index in [0.717, 1.165) is 43.7 Å². The largest absolute Gasteiger partial charge is 0.339 e. The van der Waals surface area contributed by atoms with Crippen LogP contribution in [0.4, 0.5) is 0 Å². The quantitative estimate of drug-likeness (QED) is 0.798. The molecule has 0 radical (unpaired) electrons. The number of piperidine rings is 1. The molecular weight excluding hydrogens is 286 g/mol. The topological polar surface area (TPSA) is 38.1 Å². The minimum Gasteiger partial charge on any atom is -0.339 e. The van der Waals surface area contributed by atoms with Gasteiger partial charge in [-0.1, -0.05) is 25.4 Å². The van der Waals surface area contributed by atoms with Crippen molar-refractivity contribution in [2.45, 2.75) is 46.6 Å². The van der Waals surface area contributed by atoms with Gasteiger partial charge >= 0.3 is 0 Å². The van der Waals surface area contributed by atoms with Crippen LogP contribution in [0.3, 0.4) is 0 Å². The molecule has 2 heterocycles. The van der Waals surface area contributed by atoms with Crippen LogP contribution in [0.2, 0.25) is 5.15 Å². The number of nitrogens with zero attached hydrogens (tertiary/aromatic N) is 3. The molecule has 1 aromatic rings. The Morgan fingerprint density at radius 3 is 2.62 bits per heavy atom. The number of carbonyl (C=O) groups is 1. The molecule has 1 amide bonds. The Morgan fingerprint density at radius 2 is 2.00 bits per heavy atom. The molecule has 2 rings (SSSR count). The minimum absolute atomic E-state index is 0.0711. The van der Waals surface area contributed by atoms with E-state index in [1.54, 1.807) is 12.2 Å². The third kappa shape index (κ3) is 4.10. The summed E-state index contributed by atoms with van der Waals surface area (Å²) in [6, 6.07) is 0. The molecule has 0 bridgehead atoms. The van der Waals surface area contributed by atoms with E-state index >= 15 is 0 Å². The molecule has 1 fully saturated rings. The lowest BCUT2D eigenvalue weighted by molar-refractivity contribution is -0.126. The van der Waals surface area contributed by atoms with Gasteiger partial charge in [0, 0.05) is 31.3 Å². The van der Waals surface area contributed by atoms with E-state index in [0.29, 0.717) is 11.1 Å². The standard InChI is InChI=1S/C16H24ClN3O/c1-12(2)11-20-16(17)14(13(3)18-20)7-8-15(21)19-9-5-4-6-10-19/h7-8,12H,4-6,9-11H2,1-3H3/b8-7+. The van der Waals surface area contributed by atoms with Crippen LogP contribution in [0.25, 0.3) is 6.08 Å². The summed E-state index contributed by atoms with van der Waals surface area (Å²) in [6.07, 6.45) is 6.86. The molecule has 0 N–H and O–H groups in total. The average molecular weight is 310 g/mol. The van der Waals surface area contributed by atoms with Gasteiger partial charge in [-0.3, -0.25) is 9.48 Å². The summed E-state index contributed by atoms with van der Waals surface area (Å²) in [5.41, 5.74) is 1.71. The summed E-state index contributed by atoms with van der Waals surface area (Å²) < 4.78 is 1.81. The Bertz CT molecular complexity index is 528. The first kappa shape index (κ1) is 16.1.